The maximum absolute atomic E-state index is 12.8. The molecule has 0 bridgehead atoms. The Morgan fingerprint density at radius 1 is 1.23 bits per heavy atom. The molecule has 1 aromatic rings. The Hall–Kier alpha value is -2.09. The second-order valence-electron chi connectivity index (χ2n) is 4.47. The number of likely N-dealkylation sites (N-methyl/N-ethyl adjacent to an activating group) is 1. The molecule has 0 aliphatic heterocycles. The SMILES string of the molecule is CCN(CC(=O)Nc1ccccc1C(F)(F)F)CC(=O)OC. The molecule has 0 saturated heterocycles. The highest BCUT2D eigenvalue weighted by Crippen LogP contribution is 2.34. The van der Waals surface area contributed by atoms with E-state index >= 15 is 0 Å². The minimum Gasteiger partial charge on any atom is -0.468 e. The van der Waals surface area contributed by atoms with Gasteiger partial charge in [0.1, 0.15) is 0 Å². The molecule has 0 saturated carbocycles. The minimum absolute atomic E-state index is 0.110. The van der Waals surface area contributed by atoms with E-state index in [1.54, 1.807) is 6.92 Å². The first-order valence-corrected chi connectivity index (χ1v) is 6.53. The van der Waals surface area contributed by atoms with Gasteiger partial charge in [-0.15, -0.1) is 0 Å². The third kappa shape index (κ3) is 5.36. The summed E-state index contributed by atoms with van der Waals surface area (Å²) in [6.07, 6.45) is -4.56. The second kappa shape index (κ2) is 7.79. The molecular weight excluding hydrogens is 301 g/mol. The summed E-state index contributed by atoms with van der Waals surface area (Å²) in [4.78, 5) is 24.5. The van der Waals surface area contributed by atoms with E-state index in [1.807, 2.05) is 0 Å². The van der Waals surface area contributed by atoms with E-state index in [1.165, 1.54) is 30.2 Å². The zero-order chi connectivity index (χ0) is 16.8. The maximum atomic E-state index is 12.8. The van der Waals surface area contributed by atoms with Gasteiger partial charge in [0, 0.05) is 0 Å². The number of hydrogen-bond acceptors (Lipinski definition) is 4. The van der Waals surface area contributed by atoms with Crippen molar-refractivity contribution in [1.82, 2.24) is 4.90 Å². The maximum Gasteiger partial charge on any atom is 0.418 e. The third-order valence-corrected chi connectivity index (χ3v) is 2.90. The molecule has 0 atom stereocenters. The van der Waals surface area contributed by atoms with Crippen molar-refractivity contribution < 1.29 is 27.5 Å². The van der Waals surface area contributed by atoms with Gasteiger partial charge in [0.15, 0.2) is 0 Å². The number of esters is 1. The third-order valence-electron chi connectivity index (χ3n) is 2.90. The Balaban J connectivity index is 2.75. The van der Waals surface area contributed by atoms with Gasteiger partial charge in [-0.05, 0) is 18.7 Å². The van der Waals surface area contributed by atoms with Gasteiger partial charge in [-0.3, -0.25) is 14.5 Å². The van der Waals surface area contributed by atoms with Crippen LogP contribution in [0.1, 0.15) is 12.5 Å². The first kappa shape index (κ1) is 18.0. The van der Waals surface area contributed by atoms with E-state index in [0.29, 0.717) is 6.54 Å². The van der Waals surface area contributed by atoms with E-state index < -0.39 is 23.6 Å². The van der Waals surface area contributed by atoms with Crippen molar-refractivity contribution in [2.45, 2.75) is 13.1 Å². The van der Waals surface area contributed by atoms with Crippen LogP contribution < -0.4 is 5.32 Å². The molecule has 0 radical (unpaired) electrons. The smallest absolute Gasteiger partial charge is 0.418 e. The number of amides is 1. The van der Waals surface area contributed by atoms with E-state index in [-0.39, 0.29) is 18.8 Å². The molecule has 8 heteroatoms. The van der Waals surface area contributed by atoms with Crippen LogP contribution in [0.2, 0.25) is 0 Å². The lowest BCUT2D eigenvalue weighted by Gasteiger charge is -2.19. The number of rotatable bonds is 6. The number of hydrogen-bond donors (Lipinski definition) is 1. The molecule has 0 aromatic heterocycles. The first-order chi connectivity index (χ1) is 10.3. The van der Waals surface area contributed by atoms with Gasteiger partial charge in [0.2, 0.25) is 5.91 Å². The van der Waals surface area contributed by atoms with Crippen LogP contribution in [0, 0.1) is 0 Å². The van der Waals surface area contributed by atoms with E-state index in [0.717, 1.165) is 6.07 Å². The molecule has 5 nitrogen and oxygen atoms in total. The molecule has 1 amide bonds. The Labute approximate surface area is 126 Å². The van der Waals surface area contributed by atoms with Crippen LogP contribution in [0.3, 0.4) is 0 Å². The summed E-state index contributed by atoms with van der Waals surface area (Å²) >= 11 is 0. The van der Waals surface area contributed by atoms with Crippen molar-refractivity contribution >= 4 is 17.6 Å². The topological polar surface area (TPSA) is 58.6 Å². The van der Waals surface area contributed by atoms with Gasteiger partial charge >= 0.3 is 12.1 Å². The number of benzene rings is 1. The predicted octanol–water partition coefficient (Wildman–Crippen LogP) is 2.14. The molecule has 1 N–H and O–H groups in total. The standard InChI is InChI=1S/C14H17F3N2O3/c1-3-19(9-13(21)22-2)8-12(20)18-11-7-5-4-6-10(11)14(15,16)17/h4-7H,3,8-9H2,1-2H3,(H,18,20). The number of methoxy groups -OCH3 is 1. The van der Waals surface area contributed by atoms with Gasteiger partial charge in [-0.25, -0.2) is 0 Å². The van der Waals surface area contributed by atoms with Gasteiger partial charge in [-0.2, -0.15) is 13.2 Å². The Morgan fingerprint density at radius 3 is 2.41 bits per heavy atom. The Kier molecular flexibility index (Phi) is 6.36. The number of carbonyl (C=O) groups excluding carboxylic acids is 2. The molecule has 0 spiro atoms. The summed E-state index contributed by atoms with van der Waals surface area (Å²) in [5.74, 6) is -1.16. The molecule has 0 aliphatic rings. The molecule has 0 aliphatic carbocycles. The number of ether oxygens (including phenoxy) is 1. The van der Waals surface area contributed by atoms with Crippen LogP contribution in [0.5, 0.6) is 0 Å². The van der Waals surface area contributed by atoms with Crippen LogP contribution in [0.25, 0.3) is 0 Å². The summed E-state index contributed by atoms with van der Waals surface area (Å²) in [5.41, 5.74) is -1.23. The molecule has 122 valence electrons. The molecule has 1 aromatic carbocycles. The number of nitrogens with zero attached hydrogens (tertiary/aromatic N) is 1. The zero-order valence-corrected chi connectivity index (χ0v) is 12.2. The minimum atomic E-state index is -4.56. The van der Waals surface area contributed by atoms with Crippen LogP contribution in [0.15, 0.2) is 24.3 Å². The number of anilines is 1. The second-order valence-corrected chi connectivity index (χ2v) is 4.47. The number of para-hydroxylation sites is 1. The summed E-state index contributed by atoms with van der Waals surface area (Å²) in [6, 6.07) is 4.71. The fourth-order valence-corrected chi connectivity index (χ4v) is 1.76. The highest BCUT2D eigenvalue weighted by molar-refractivity contribution is 5.93. The summed E-state index contributed by atoms with van der Waals surface area (Å²) in [7, 11) is 1.22. The monoisotopic (exact) mass is 318 g/mol. The number of halogens is 3. The summed E-state index contributed by atoms with van der Waals surface area (Å²) in [6.45, 7) is 1.78. The number of alkyl halides is 3. The Bertz CT molecular complexity index is 532. The quantitative estimate of drug-likeness (QED) is 0.817. The predicted molar refractivity (Wildman–Crippen MR) is 74.2 cm³/mol. The zero-order valence-electron chi connectivity index (χ0n) is 12.2. The van der Waals surface area contributed by atoms with Gasteiger partial charge < -0.3 is 10.1 Å². The van der Waals surface area contributed by atoms with Gasteiger partial charge in [-0.1, -0.05) is 19.1 Å². The van der Waals surface area contributed by atoms with E-state index in [9.17, 15) is 22.8 Å². The van der Waals surface area contributed by atoms with Crippen molar-refractivity contribution in [3.8, 4) is 0 Å². The van der Waals surface area contributed by atoms with Crippen LogP contribution in [-0.2, 0) is 20.5 Å². The van der Waals surface area contributed by atoms with Crippen molar-refractivity contribution in [2.24, 2.45) is 0 Å². The molecular formula is C14H17F3N2O3. The fourth-order valence-electron chi connectivity index (χ4n) is 1.76. The van der Waals surface area contributed by atoms with Crippen molar-refractivity contribution in [2.75, 3.05) is 32.1 Å². The molecule has 0 unspecified atom stereocenters. The van der Waals surface area contributed by atoms with E-state index in [4.69, 9.17) is 0 Å². The van der Waals surface area contributed by atoms with Gasteiger partial charge in [0.25, 0.3) is 0 Å². The summed E-state index contributed by atoms with van der Waals surface area (Å²) < 4.78 is 43.0. The van der Waals surface area contributed by atoms with Crippen LogP contribution >= 0.6 is 0 Å². The van der Waals surface area contributed by atoms with Crippen molar-refractivity contribution in [3.05, 3.63) is 29.8 Å². The lowest BCUT2D eigenvalue weighted by Crippen LogP contribution is -2.37. The normalized spacial score (nSPS) is 11.4. The average molecular weight is 318 g/mol. The number of nitrogens with one attached hydrogen (secondary N) is 1. The van der Waals surface area contributed by atoms with Crippen molar-refractivity contribution in [1.29, 1.82) is 0 Å². The first-order valence-electron chi connectivity index (χ1n) is 6.53. The molecule has 22 heavy (non-hydrogen) atoms. The fraction of sp³-hybridized carbons (Fsp3) is 0.429. The van der Waals surface area contributed by atoms with Crippen LogP contribution in [0.4, 0.5) is 18.9 Å². The van der Waals surface area contributed by atoms with Crippen LogP contribution in [-0.4, -0.2) is 43.5 Å². The summed E-state index contributed by atoms with van der Waals surface area (Å²) in [5, 5.41) is 2.22. The largest absolute Gasteiger partial charge is 0.468 e. The van der Waals surface area contributed by atoms with E-state index in [2.05, 4.69) is 10.1 Å². The molecule has 0 fully saturated rings. The Morgan fingerprint density at radius 2 is 1.86 bits per heavy atom. The lowest BCUT2D eigenvalue weighted by atomic mass is 10.1. The lowest BCUT2D eigenvalue weighted by molar-refractivity contribution is -0.142. The average Bonchev–Trinajstić information content (AvgIpc) is 2.45. The number of carbonyl (C=O) groups is 2. The molecule has 0 heterocycles. The molecule has 1 rings (SSSR count). The highest BCUT2D eigenvalue weighted by Gasteiger charge is 2.33. The highest BCUT2D eigenvalue weighted by atomic mass is 19.4. The van der Waals surface area contributed by atoms with Crippen molar-refractivity contribution in [3.63, 3.8) is 0 Å². The van der Waals surface area contributed by atoms with Gasteiger partial charge in [0.05, 0.1) is 31.5 Å².